The summed E-state index contributed by atoms with van der Waals surface area (Å²) in [6.07, 6.45) is 34.5. The molecule has 1 heterocycles. The summed E-state index contributed by atoms with van der Waals surface area (Å²) in [5.74, 6) is 0. The molecular formula is C29H54N+. The Kier molecular flexibility index (Phi) is 19.4. The van der Waals surface area contributed by atoms with E-state index in [1.165, 1.54) is 140 Å². The molecule has 1 heteroatoms. The minimum absolute atomic E-state index is 1.16. The van der Waals surface area contributed by atoms with Gasteiger partial charge in [-0.25, -0.2) is 4.57 Å². The first-order chi connectivity index (χ1) is 14.9. The van der Waals surface area contributed by atoms with E-state index >= 15 is 0 Å². The van der Waals surface area contributed by atoms with Gasteiger partial charge in [0, 0.05) is 18.6 Å². The van der Waals surface area contributed by atoms with Crippen LogP contribution in [0.15, 0.2) is 24.5 Å². The molecule has 0 saturated carbocycles. The maximum Gasteiger partial charge on any atom is 0.169 e. The first kappa shape index (κ1) is 27.2. The van der Waals surface area contributed by atoms with Crippen molar-refractivity contribution in [1.82, 2.24) is 0 Å². The summed E-state index contributed by atoms with van der Waals surface area (Å²) in [6.45, 7) is 5.72. The van der Waals surface area contributed by atoms with Gasteiger partial charge in [-0.05, 0) is 18.4 Å². The summed E-state index contributed by atoms with van der Waals surface area (Å²) >= 11 is 0. The summed E-state index contributed by atoms with van der Waals surface area (Å²) in [5.41, 5.74) is 1.51. The molecule has 0 bridgehead atoms. The summed E-state index contributed by atoms with van der Waals surface area (Å²) in [5, 5.41) is 0. The largest absolute Gasteiger partial charge is 0.205 e. The van der Waals surface area contributed by atoms with Crippen molar-refractivity contribution in [2.24, 2.45) is 0 Å². The van der Waals surface area contributed by atoms with Crippen LogP contribution in [0.2, 0.25) is 0 Å². The highest BCUT2D eigenvalue weighted by Gasteiger charge is 2.00. The van der Waals surface area contributed by atoms with Gasteiger partial charge in [0.2, 0.25) is 0 Å². The highest BCUT2D eigenvalue weighted by Crippen LogP contribution is 2.14. The fraction of sp³-hybridized carbons (Fsp3) is 0.828. The Bertz CT molecular complexity index is 450. The third kappa shape index (κ3) is 16.9. The molecule has 0 aliphatic heterocycles. The molecule has 0 aromatic carbocycles. The van der Waals surface area contributed by atoms with E-state index in [0.29, 0.717) is 0 Å². The van der Waals surface area contributed by atoms with E-state index in [4.69, 9.17) is 0 Å². The maximum atomic E-state index is 2.32. The minimum atomic E-state index is 1.16. The van der Waals surface area contributed by atoms with Crippen LogP contribution in [0.25, 0.3) is 0 Å². The minimum Gasteiger partial charge on any atom is -0.205 e. The third-order valence-electron chi connectivity index (χ3n) is 6.55. The average Bonchev–Trinajstić information content (AvgIpc) is 2.77. The molecular weight excluding hydrogens is 362 g/mol. The molecule has 0 amide bonds. The zero-order chi connectivity index (χ0) is 21.5. The van der Waals surface area contributed by atoms with Gasteiger partial charge < -0.3 is 0 Å². The van der Waals surface area contributed by atoms with Crippen molar-refractivity contribution in [1.29, 1.82) is 0 Å². The van der Waals surface area contributed by atoms with Gasteiger partial charge in [0.25, 0.3) is 0 Å². The Balaban J connectivity index is 1.77. The van der Waals surface area contributed by atoms with Gasteiger partial charge in [-0.2, -0.15) is 0 Å². The van der Waals surface area contributed by atoms with Crippen LogP contribution in [0.1, 0.15) is 148 Å². The summed E-state index contributed by atoms with van der Waals surface area (Å²) in [7, 11) is 0. The van der Waals surface area contributed by atoms with Gasteiger partial charge in [0.15, 0.2) is 12.4 Å². The fourth-order valence-corrected chi connectivity index (χ4v) is 4.38. The lowest BCUT2D eigenvalue weighted by Gasteiger charge is -2.04. The number of nitrogens with zero attached hydrogens (tertiary/aromatic N) is 1. The molecule has 174 valence electrons. The first-order valence-corrected chi connectivity index (χ1v) is 13.8. The van der Waals surface area contributed by atoms with Gasteiger partial charge in [-0.15, -0.1) is 0 Å². The molecule has 1 aromatic heterocycles. The van der Waals surface area contributed by atoms with Gasteiger partial charge in [-0.3, -0.25) is 0 Å². The summed E-state index contributed by atoms with van der Waals surface area (Å²) in [6, 6.07) is 4.65. The first-order valence-electron chi connectivity index (χ1n) is 13.8. The topological polar surface area (TPSA) is 3.88 Å². The molecule has 0 radical (unpaired) electrons. The smallest absolute Gasteiger partial charge is 0.169 e. The van der Waals surface area contributed by atoms with Crippen molar-refractivity contribution in [3.8, 4) is 0 Å². The molecule has 0 spiro atoms. The molecule has 0 unspecified atom stereocenters. The number of pyridine rings is 1. The normalized spacial score (nSPS) is 11.3. The monoisotopic (exact) mass is 416 g/mol. The molecule has 0 aliphatic carbocycles. The van der Waals surface area contributed by atoms with E-state index in [1.54, 1.807) is 0 Å². The molecule has 0 aliphatic rings. The van der Waals surface area contributed by atoms with E-state index in [0.717, 1.165) is 6.54 Å². The van der Waals surface area contributed by atoms with Crippen LogP contribution in [0.5, 0.6) is 0 Å². The molecule has 1 aromatic rings. The van der Waals surface area contributed by atoms with Gasteiger partial charge in [0.1, 0.15) is 6.54 Å². The van der Waals surface area contributed by atoms with Crippen molar-refractivity contribution in [3.05, 3.63) is 30.1 Å². The Labute approximate surface area is 190 Å². The van der Waals surface area contributed by atoms with Gasteiger partial charge in [0.05, 0.1) is 0 Å². The van der Waals surface area contributed by atoms with Crippen molar-refractivity contribution < 1.29 is 4.57 Å². The molecule has 0 fully saturated rings. The SMILES string of the molecule is CCCCCCCCCCCCCCCCCCCCc1cc[n+](CCCC)cc1. The lowest BCUT2D eigenvalue weighted by atomic mass is 10.0. The van der Waals surface area contributed by atoms with Crippen LogP contribution in [-0.4, -0.2) is 0 Å². The van der Waals surface area contributed by atoms with Crippen molar-refractivity contribution in [3.63, 3.8) is 0 Å². The second-order valence-electron chi connectivity index (χ2n) is 9.56. The molecule has 0 atom stereocenters. The third-order valence-corrected chi connectivity index (χ3v) is 6.55. The lowest BCUT2D eigenvalue weighted by Crippen LogP contribution is -2.32. The van der Waals surface area contributed by atoms with Crippen molar-refractivity contribution in [2.45, 2.75) is 155 Å². The van der Waals surface area contributed by atoms with Crippen molar-refractivity contribution in [2.75, 3.05) is 0 Å². The zero-order valence-electron chi connectivity index (χ0n) is 20.8. The van der Waals surface area contributed by atoms with Gasteiger partial charge >= 0.3 is 0 Å². The zero-order valence-corrected chi connectivity index (χ0v) is 20.8. The molecule has 0 N–H and O–H groups in total. The predicted octanol–water partition coefficient (Wildman–Crippen LogP) is 9.36. The molecule has 30 heavy (non-hydrogen) atoms. The number of unbranched alkanes of at least 4 members (excludes halogenated alkanes) is 18. The molecule has 0 saturated heterocycles. The summed E-state index contributed by atoms with van der Waals surface area (Å²) < 4.78 is 2.32. The lowest BCUT2D eigenvalue weighted by molar-refractivity contribution is -0.697. The highest BCUT2D eigenvalue weighted by atomic mass is 14.9. The molecule has 1 rings (SSSR count). The van der Waals surface area contributed by atoms with Crippen LogP contribution in [-0.2, 0) is 13.0 Å². The van der Waals surface area contributed by atoms with Crippen LogP contribution in [0.4, 0.5) is 0 Å². The number of hydrogen-bond donors (Lipinski definition) is 0. The molecule has 1 nitrogen and oxygen atoms in total. The van der Waals surface area contributed by atoms with E-state index in [2.05, 4.69) is 42.9 Å². The van der Waals surface area contributed by atoms with E-state index in [9.17, 15) is 0 Å². The second-order valence-corrected chi connectivity index (χ2v) is 9.56. The Morgan fingerprint density at radius 2 is 0.833 bits per heavy atom. The quantitative estimate of drug-likeness (QED) is 0.131. The van der Waals surface area contributed by atoms with Crippen LogP contribution < -0.4 is 4.57 Å². The van der Waals surface area contributed by atoms with Crippen LogP contribution in [0, 0.1) is 0 Å². The second kappa shape index (κ2) is 21.4. The van der Waals surface area contributed by atoms with Crippen LogP contribution >= 0.6 is 0 Å². The summed E-state index contributed by atoms with van der Waals surface area (Å²) in [4.78, 5) is 0. The maximum absolute atomic E-state index is 2.32. The van der Waals surface area contributed by atoms with E-state index in [1.807, 2.05) is 0 Å². The number of rotatable bonds is 22. The van der Waals surface area contributed by atoms with E-state index in [-0.39, 0.29) is 0 Å². The Morgan fingerprint density at radius 3 is 1.23 bits per heavy atom. The van der Waals surface area contributed by atoms with Gasteiger partial charge in [-0.1, -0.05) is 129 Å². The number of aromatic nitrogens is 1. The Morgan fingerprint density at radius 1 is 0.467 bits per heavy atom. The number of hydrogen-bond acceptors (Lipinski definition) is 0. The van der Waals surface area contributed by atoms with E-state index < -0.39 is 0 Å². The Hall–Kier alpha value is -0.850. The van der Waals surface area contributed by atoms with Crippen LogP contribution in [0.3, 0.4) is 0 Å². The number of aryl methyl sites for hydroxylation is 2. The average molecular weight is 417 g/mol. The fourth-order valence-electron chi connectivity index (χ4n) is 4.38. The standard InChI is InChI=1S/C29H54N/c1-3-5-7-8-9-10-11-12-13-14-15-16-17-18-19-20-21-22-23-29-24-27-30(28-25-29)26-6-4-2/h24-25,27-28H,3-23,26H2,1-2H3/q+1. The predicted molar refractivity (Wildman–Crippen MR) is 134 cm³/mol. The highest BCUT2D eigenvalue weighted by molar-refractivity contribution is 5.07. The van der Waals surface area contributed by atoms with Crippen molar-refractivity contribution >= 4 is 0 Å².